The maximum Gasteiger partial charge on any atom is 0.412 e. The summed E-state index contributed by atoms with van der Waals surface area (Å²) in [7, 11) is 0. The molecule has 0 unspecified atom stereocenters. The maximum atomic E-state index is 12.1. The second-order valence-corrected chi connectivity index (χ2v) is 9.03. The first kappa shape index (κ1) is 21.1. The van der Waals surface area contributed by atoms with Crippen molar-refractivity contribution >= 4 is 28.4 Å². The Morgan fingerprint density at radius 1 is 1.16 bits per heavy atom. The lowest BCUT2D eigenvalue weighted by molar-refractivity contribution is 0.0636. The molecule has 1 saturated carbocycles. The molecule has 2 aromatic carbocycles. The van der Waals surface area contributed by atoms with E-state index < -0.39 is 11.7 Å². The van der Waals surface area contributed by atoms with E-state index in [1.807, 2.05) is 64.1 Å². The Morgan fingerprint density at radius 2 is 1.87 bits per heavy atom. The van der Waals surface area contributed by atoms with Crippen LogP contribution >= 0.6 is 0 Å². The van der Waals surface area contributed by atoms with Crippen molar-refractivity contribution in [1.29, 1.82) is 0 Å². The van der Waals surface area contributed by atoms with Crippen LogP contribution < -0.4 is 15.8 Å². The third kappa shape index (κ3) is 4.33. The van der Waals surface area contributed by atoms with Crippen LogP contribution in [0.15, 0.2) is 42.5 Å². The van der Waals surface area contributed by atoms with Crippen LogP contribution in [0, 0.1) is 0 Å². The Balaban J connectivity index is 1.70. The number of nitrogens with two attached hydrogens (primary N) is 1. The van der Waals surface area contributed by atoms with Gasteiger partial charge in [0, 0.05) is 22.7 Å². The number of amides is 1. The van der Waals surface area contributed by atoms with Gasteiger partial charge < -0.3 is 19.8 Å². The zero-order valence-electron chi connectivity index (χ0n) is 18.7. The molecule has 4 rings (SSSR count). The molecule has 1 aliphatic carbocycles. The summed E-state index contributed by atoms with van der Waals surface area (Å²) in [5, 5.41) is 3.80. The van der Waals surface area contributed by atoms with Gasteiger partial charge in [0.25, 0.3) is 0 Å². The first-order chi connectivity index (χ1) is 14.8. The van der Waals surface area contributed by atoms with Crippen LogP contribution in [0.5, 0.6) is 5.75 Å². The van der Waals surface area contributed by atoms with Gasteiger partial charge >= 0.3 is 6.09 Å². The summed E-state index contributed by atoms with van der Waals surface area (Å²) in [5.74, 6) is 0.830. The number of nitrogens with zero attached hydrogens (tertiary/aromatic N) is 1. The highest BCUT2D eigenvalue weighted by atomic mass is 16.6. The average Bonchev–Trinajstić information content (AvgIpc) is 2.92. The van der Waals surface area contributed by atoms with E-state index in [2.05, 4.69) is 16.0 Å². The number of carbonyl (C=O) groups is 1. The quantitative estimate of drug-likeness (QED) is 0.502. The van der Waals surface area contributed by atoms with E-state index in [9.17, 15) is 4.79 Å². The number of hydrogen-bond donors (Lipinski definition) is 2. The van der Waals surface area contributed by atoms with Crippen LogP contribution in [0.2, 0.25) is 0 Å². The Bertz CT molecular complexity index is 1090. The molecule has 3 N–H and O–H groups in total. The minimum absolute atomic E-state index is 0.451. The van der Waals surface area contributed by atoms with Gasteiger partial charge in [-0.25, -0.2) is 4.79 Å². The molecule has 1 aromatic heterocycles. The molecule has 31 heavy (non-hydrogen) atoms. The fourth-order valence-electron chi connectivity index (χ4n) is 4.03. The molecule has 0 spiro atoms. The summed E-state index contributed by atoms with van der Waals surface area (Å²) < 4.78 is 13.4. The Kier molecular flexibility index (Phi) is 5.56. The molecule has 164 valence electrons. The van der Waals surface area contributed by atoms with Crippen LogP contribution in [0.4, 0.5) is 16.2 Å². The Labute approximate surface area is 183 Å². The summed E-state index contributed by atoms with van der Waals surface area (Å²) in [6.45, 7) is 8.12. The molecule has 6 nitrogen and oxygen atoms in total. The van der Waals surface area contributed by atoms with Gasteiger partial charge in [0.1, 0.15) is 11.4 Å². The molecule has 1 aliphatic rings. The van der Waals surface area contributed by atoms with Crippen molar-refractivity contribution < 1.29 is 14.3 Å². The van der Waals surface area contributed by atoms with E-state index >= 15 is 0 Å². The predicted molar refractivity (Wildman–Crippen MR) is 126 cm³/mol. The topological polar surface area (TPSA) is 78.5 Å². The molecule has 1 amide bonds. The van der Waals surface area contributed by atoms with Gasteiger partial charge in [0.2, 0.25) is 0 Å². The number of carbonyl (C=O) groups excluding carboxylic acids is 1. The number of nitrogens with one attached hydrogen (secondary N) is 1. The zero-order valence-corrected chi connectivity index (χ0v) is 18.7. The highest BCUT2D eigenvalue weighted by Gasteiger charge is 2.27. The van der Waals surface area contributed by atoms with E-state index in [0.717, 1.165) is 46.4 Å². The van der Waals surface area contributed by atoms with E-state index in [1.165, 1.54) is 6.42 Å². The minimum atomic E-state index is -0.539. The average molecular weight is 422 g/mol. The summed E-state index contributed by atoms with van der Waals surface area (Å²) in [4.78, 5) is 12.1. The van der Waals surface area contributed by atoms with E-state index in [1.54, 1.807) is 0 Å². The van der Waals surface area contributed by atoms with Crippen LogP contribution in [-0.2, 0) is 4.74 Å². The molecule has 0 bridgehead atoms. The molecule has 1 heterocycles. The third-order valence-corrected chi connectivity index (χ3v) is 5.57. The normalized spacial score (nSPS) is 14.3. The fourth-order valence-corrected chi connectivity index (χ4v) is 4.03. The predicted octanol–water partition coefficient (Wildman–Crippen LogP) is 6.36. The van der Waals surface area contributed by atoms with Gasteiger partial charge in [-0.3, -0.25) is 5.32 Å². The highest BCUT2D eigenvalue weighted by Crippen LogP contribution is 2.44. The second-order valence-electron chi connectivity index (χ2n) is 9.03. The third-order valence-electron chi connectivity index (χ3n) is 5.57. The summed E-state index contributed by atoms with van der Waals surface area (Å²) in [6.07, 6.45) is 3.08. The number of hydrogen-bond acceptors (Lipinski definition) is 4. The molecular formula is C25H31N3O3. The second kappa shape index (κ2) is 8.17. The van der Waals surface area contributed by atoms with Gasteiger partial charge in [0.05, 0.1) is 23.5 Å². The van der Waals surface area contributed by atoms with Crippen molar-refractivity contribution in [3.05, 3.63) is 42.5 Å². The SMILES string of the molecule is CCOc1ccc2c(c1)c(N)c(-c1ccc(NC(=O)OC(C)(C)C)cc1)n2C1CCC1. The van der Waals surface area contributed by atoms with Gasteiger partial charge in [-0.2, -0.15) is 0 Å². The lowest BCUT2D eigenvalue weighted by Crippen LogP contribution is -2.27. The van der Waals surface area contributed by atoms with Crippen LogP contribution in [0.3, 0.4) is 0 Å². The molecule has 3 aromatic rings. The summed E-state index contributed by atoms with van der Waals surface area (Å²) in [6, 6.07) is 14.4. The van der Waals surface area contributed by atoms with Gasteiger partial charge in [0.15, 0.2) is 0 Å². The van der Waals surface area contributed by atoms with E-state index in [-0.39, 0.29) is 0 Å². The smallest absolute Gasteiger partial charge is 0.412 e. The molecule has 6 heteroatoms. The van der Waals surface area contributed by atoms with E-state index in [0.29, 0.717) is 18.3 Å². The van der Waals surface area contributed by atoms with Crippen LogP contribution in [0.25, 0.3) is 22.2 Å². The van der Waals surface area contributed by atoms with Crippen molar-refractivity contribution in [3.8, 4) is 17.0 Å². The van der Waals surface area contributed by atoms with Crippen molar-refractivity contribution in [2.75, 3.05) is 17.7 Å². The number of benzene rings is 2. The van der Waals surface area contributed by atoms with Crippen molar-refractivity contribution in [1.82, 2.24) is 4.57 Å². The molecule has 0 saturated heterocycles. The number of rotatable bonds is 5. The van der Waals surface area contributed by atoms with Crippen LogP contribution in [0.1, 0.15) is 53.0 Å². The zero-order chi connectivity index (χ0) is 22.2. The Morgan fingerprint density at radius 3 is 2.45 bits per heavy atom. The number of nitrogen functional groups attached to an aromatic ring is 1. The number of anilines is 2. The Hall–Kier alpha value is -3.15. The largest absolute Gasteiger partial charge is 0.494 e. The first-order valence-electron chi connectivity index (χ1n) is 10.9. The van der Waals surface area contributed by atoms with Gasteiger partial charge in [-0.15, -0.1) is 0 Å². The summed E-state index contributed by atoms with van der Waals surface area (Å²) >= 11 is 0. The maximum absolute atomic E-state index is 12.1. The number of aromatic nitrogens is 1. The standard InChI is InChI=1S/C25H31N3O3/c1-5-30-19-13-14-21-20(15-19)22(26)23(28(21)18-7-6-8-18)16-9-11-17(12-10-16)27-24(29)31-25(2,3)4/h9-15,18H,5-8,26H2,1-4H3,(H,27,29). The summed E-state index contributed by atoms with van der Waals surface area (Å²) in [5.41, 5.74) is 10.8. The molecule has 0 radical (unpaired) electrons. The molecule has 1 fully saturated rings. The molecule has 0 aliphatic heterocycles. The minimum Gasteiger partial charge on any atom is -0.494 e. The van der Waals surface area contributed by atoms with Crippen molar-refractivity contribution in [2.45, 2.75) is 58.6 Å². The monoisotopic (exact) mass is 421 g/mol. The van der Waals surface area contributed by atoms with Gasteiger partial charge in [-0.1, -0.05) is 12.1 Å². The molecule has 0 atom stereocenters. The fraction of sp³-hybridized carbons (Fsp3) is 0.400. The lowest BCUT2D eigenvalue weighted by atomic mass is 9.92. The van der Waals surface area contributed by atoms with Crippen LogP contribution in [-0.4, -0.2) is 22.9 Å². The highest BCUT2D eigenvalue weighted by molar-refractivity contribution is 6.02. The lowest BCUT2D eigenvalue weighted by Gasteiger charge is -2.30. The van der Waals surface area contributed by atoms with Crippen molar-refractivity contribution in [3.63, 3.8) is 0 Å². The van der Waals surface area contributed by atoms with E-state index in [4.69, 9.17) is 15.2 Å². The molecular weight excluding hydrogens is 390 g/mol. The first-order valence-corrected chi connectivity index (χ1v) is 10.9. The van der Waals surface area contributed by atoms with Gasteiger partial charge in [-0.05, 0) is 77.3 Å². The number of ether oxygens (including phenoxy) is 2. The number of fused-ring (bicyclic) bond motifs is 1. The van der Waals surface area contributed by atoms with Crippen molar-refractivity contribution in [2.24, 2.45) is 0 Å².